The second kappa shape index (κ2) is 5.77. The lowest BCUT2D eigenvalue weighted by molar-refractivity contribution is 0.0580. The first-order valence-corrected chi connectivity index (χ1v) is 7.65. The molecule has 19 heavy (non-hydrogen) atoms. The second-order valence-corrected chi connectivity index (χ2v) is 6.25. The molecular formula is C13H22N4OS. The van der Waals surface area contributed by atoms with Gasteiger partial charge in [-0.3, -0.25) is 4.79 Å². The van der Waals surface area contributed by atoms with Crippen molar-refractivity contribution < 1.29 is 4.79 Å². The molecule has 6 heteroatoms. The van der Waals surface area contributed by atoms with Gasteiger partial charge in [0.15, 0.2) is 5.13 Å². The summed E-state index contributed by atoms with van der Waals surface area (Å²) in [6, 6.07) is 0.285. The number of nitrogens with two attached hydrogens (primary N) is 1. The highest BCUT2D eigenvalue weighted by Crippen LogP contribution is 2.29. The van der Waals surface area contributed by atoms with Gasteiger partial charge in [0.1, 0.15) is 10.7 Å². The molecule has 0 aliphatic carbocycles. The van der Waals surface area contributed by atoms with Crippen molar-refractivity contribution >= 4 is 28.2 Å². The van der Waals surface area contributed by atoms with E-state index in [9.17, 15) is 4.79 Å². The van der Waals surface area contributed by atoms with Crippen LogP contribution >= 0.6 is 11.3 Å². The monoisotopic (exact) mass is 282 g/mol. The van der Waals surface area contributed by atoms with E-state index in [-0.39, 0.29) is 11.9 Å². The first-order valence-electron chi connectivity index (χ1n) is 6.84. The predicted octanol–water partition coefficient (Wildman–Crippen LogP) is 2.42. The molecule has 1 fully saturated rings. The first-order chi connectivity index (χ1) is 9.02. The topological polar surface area (TPSA) is 71.2 Å². The molecule has 0 bridgehead atoms. The molecule has 1 aromatic heterocycles. The van der Waals surface area contributed by atoms with Gasteiger partial charge in [-0.25, -0.2) is 4.98 Å². The molecular weight excluding hydrogens is 260 g/mol. The summed E-state index contributed by atoms with van der Waals surface area (Å²) < 4.78 is 0. The van der Waals surface area contributed by atoms with Gasteiger partial charge in [0.2, 0.25) is 0 Å². The summed E-state index contributed by atoms with van der Waals surface area (Å²) in [6.45, 7) is 7.87. The van der Waals surface area contributed by atoms with Crippen molar-refractivity contribution in [1.29, 1.82) is 0 Å². The molecule has 3 N–H and O–H groups in total. The molecule has 2 unspecified atom stereocenters. The summed E-state index contributed by atoms with van der Waals surface area (Å²) in [5.74, 6) is 0.928. The molecule has 1 aromatic rings. The van der Waals surface area contributed by atoms with Crippen molar-refractivity contribution in [3.8, 4) is 0 Å². The zero-order valence-corrected chi connectivity index (χ0v) is 12.6. The molecule has 5 nitrogen and oxygen atoms in total. The van der Waals surface area contributed by atoms with Gasteiger partial charge in [-0.15, -0.1) is 0 Å². The standard InChI is InChI=1S/C13H22N4OS/c1-4-15-13-16-11(14)10(19-13)12(18)17-7-8(2)5-6-9(17)3/h8-9H,4-7,14H2,1-3H3,(H,15,16). The lowest BCUT2D eigenvalue weighted by Gasteiger charge is -2.36. The number of likely N-dealkylation sites (tertiary alicyclic amines) is 1. The van der Waals surface area contributed by atoms with Gasteiger partial charge in [0.05, 0.1) is 0 Å². The number of rotatable bonds is 3. The molecule has 0 spiro atoms. The maximum absolute atomic E-state index is 12.6. The van der Waals surface area contributed by atoms with E-state index in [4.69, 9.17) is 5.73 Å². The smallest absolute Gasteiger partial charge is 0.268 e. The van der Waals surface area contributed by atoms with Crippen molar-refractivity contribution in [3.63, 3.8) is 0 Å². The fourth-order valence-electron chi connectivity index (χ4n) is 2.41. The Morgan fingerprint density at radius 2 is 2.26 bits per heavy atom. The zero-order chi connectivity index (χ0) is 14.0. The molecule has 1 amide bonds. The third kappa shape index (κ3) is 3.00. The Morgan fingerprint density at radius 3 is 2.95 bits per heavy atom. The molecule has 2 rings (SSSR count). The SMILES string of the molecule is CCNc1nc(N)c(C(=O)N2CC(C)CCC2C)s1. The quantitative estimate of drug-likeness (QED) is 0.893. The Bertz CT molecular complexity index is 459. The number of thiazole rings is 1. The van der Waals surface area contributed by atoms with Crippen molar-refractivity contribution in [2.75, 3.05) is 24.1 Å². The number of amides is 1. The highest BCUT2D eigenvalue weighted by Gasteiger charge is 2.30. The largest absolute Gasteiger partial charge is 0.382 e. The minimum absolute atomic E-state index is 0.0261. The molecule has 0 aromatic carbocycles. The van der Waals surface area contributed by atoms with Gasteiger partial charge >= 0.3 is 0 Å². The van der Waals surface area contributed by atoms with Crippen LogP contribution in [-0.4, -0.2) is 34.9 Å². The number of nitrogens with one attached hydrogen (secondary N) is 1. The van der Waals surface area contributed by atoms with E-state index in [0.29, 0.717) is 16.6 Å². The van der Waals surface area contributed by atoms with E-state index in [1.54, 1.807) is 0 Å². The van der Waals surface area contributed by atoms with Crippen LogP contribution < -0.4 is 11.1 Å². The number of carbonyl (C=O) groups is 1. The number of piperidine rings is 1. The van der Waals surface area contributed by atoms with Gasteiger partial charge in [-0.2, -0.15) is 0 Å². The minimum Gasteiger partial charge on any atom is -0.382 e. The molecule has 0 saturated carbocycles. The number of hydrogen-bond acceptors (Lipinski definition) is 5. The molecule has 1 aliphatic rings. The summed E-state index contributed by atoms with van der Waals surface area (Å²) in [5, 5.41) is 3.83. The van der Waals surface area contributed by atoms with Crippen LogP contribution in [0, 0.1) is 5.92 Å². The summed E-state index contributed by atoms with van der Waals surface area (Å²) in [5.41, 5.74) is 5.87. The number of anilines is 2. The van der Waals surface area contributed by atoms with E-state index >= 15 is 0 Å². The van der Waals surface area contributed by atoms with E-state index in [0.717, 1.165) is 24.6 Å². The molecule has 2 atom stereocenters. The van der Waals surface area contributed by atoms with Crippen molar-refractivity contribution in [2.24, 2.45) is 5.92 Å². The van der Waals surface area contributed by atoms with E-state index in [1.807, 2.05) is 11.8 Å². The predicted molar refractivity (Wildman–Crippen MR) is 79.6 cm³/mol. The minimum atomic E-state index is 0.0261. The van der Waals surface area contributed by atoms with Crippen LogP contribution in [0.3, 0.4) is 0 Å². The van der Waals surface area contributed by atoms with Gasteiger partial charge in [-0.1, -0.05) is 18.3 Å². The lowest BCUT2D eigenvalue weighted by atomic mass is 9.95. The Kier molecular flexibility index (Phi) is 4.29. The van der Waals surface area contributed by atoms with Crippen LogP contribution in [0.15, 0.2) is 0 Å². The summed E-state index contributed by atoms with van der Waals surface area (Å²) in [7, 11) is 0. The molecule has 106 valence electrons. The fourth-order valence-corrected chi connectivity index (χ4v) is 3.32. The summed E-state index contributed by atoms with van der Waals surface area (Å²) >= 11 is 1.35. The number of nitrogens with zero attached hydrogens (tertiary/aromatic N) is 2. The van der Waals surface area contributed by atoms with Crippen molar-refractivity contribution in [1.82, 2.24) is 9.88 Å². The lowest BCUT2D eigenvalue weighted by Crippen LogP contribution is -2.44. The first kappa shape index (κ1) is 14.1. The maximum atomic E-state index is 12.6. The van der Waals surface area contributed by atoms with Gasteiger partial charge in [0.25, 0.3) is 5.91 Å². The third-order valence-electron chi connectivity index (χ3n) is 3.55. The number of nitrogen functional groups attached to an aromatic ring is 1. The van der Waals surface area contributed by atoms with Crippen LogP contribution in [-0.2, 0) is 0 Å². The second-order valence-electron chi connectivity index (χ2n) is 5.25. The van der Waals surface area contributed by atoms with Crippen LogP contribution in [0.25, 0.3) is 0 Å². The van der Waals surface area contributed by atoms with E-state index < -0.39 is 0 Å². The average Bonchev–Trinajstić information content (AvgIpc) is 2.73. The highest BCUT2D eigenvalue weighted by molar-refractivity contribution is 7.18. The number of carbonyl (C=O) groups excluding carboxylic acids is 1. The molecule has 1 aliphatic heterocycles. The maximum Gasteiger partial charge on any atom is 0.268 e. The normalized spacial score (nSPS) is 23.4. The molecule has 2 heterocycles. The van der Waals surface area contributed by atoms with Crippen LogP contribution in [0.1, 0.15) is 43.3 Å². The van der Waals surface area contributed by atoms with Crippen molar-refractivity contribution in [2.45, 2.75) is 39.7 Å². The fraction of sp³-hybridized carbons (Fsp3) is 0.692. The van der Waals surface area contributed by atoms with Crippen LogP contribution in [0.2, 0.25) is 0 Å². The zero-order valence-electron chi connectivity index (χ0n) is 11.8. The average molecular weight is 282 g/mol. The van der Waals surface area contributed by atoms with E-state index in [2.05, 4.69) is 24.1 Å². The third-order valence-corrected chi connectivity index (χ3v) is 4.57. The van der Waals surface area contributed by atoms with E-state index in [1.165, 1.54) is 17.8 Å². The Morgan fingerprint density at radius 1 is 1.53 bits per heavy atom. The Balaban J connectivity index is 2.18. The van der Waals surface area contributed by atoms with Gasteiger partial charge in [-0.05, 0) is 32.6 Å². The Labute approximate surface area is 118 Å². The van der Waals surface area contributed by atoms with Gasteiger partial charge < -0.3 is 16.0 Å². The van der Waals surface area contributed by atoms with Crippen LogP contribution in [0.5, 0.6) is 0 Å². The van der Waals surface area contributed by atoms with Gasteiger partial charge in [0, 0.05) is 19.1 Å². The number of aromatic nitrogens is 1. The van der Waals surface area contributed by atoms with Crippen molar-refractivity contribution in [3.05, 3.63) is 4.88 Å². The molecule has 1 saturated heterocycles. The highest BCUT2D eigenvalue weighted by atomic mass is 32.1. The summed E-state index contributed by atoms with van der Waals surface area (Å²) in [4.78, 5) is 19.3. The Hall–Kier alpha value is -1.30. The summed E-state index contributed by atoms with van der Waals surface area (Å²) in [6.07, 6.45) is 2.25. The van der Waals surface area contributed by atoms with Crippen LogP contribution in [0.4, 0.5) is 10.9 Å². The molecule has 0 radical (unpaired) electrons. The number of hydrogen-bond donors (Lipinski definition) is 2.